The molecule has 0 bridgehead atoms. The lowest BCUT2D eigenvalue weighted by molar-refractivity contribution is -0.145. The molecule has 0 aliphatic carbocycles. The lowest BCUT2D eigenvalue weighted by atomic mass is 9.90. The minimum atomic E-state index is -0.789. The SMILES string of the molecule is CCCCC(CCC(CCCC)C(=O)O)C(=O)O. The van der Waals surface area contributed by atoms with Crippen molar-refractivity contribution in [2.75, 3.05) is 0 Å². The van der Waals surface area contributed by atoms with Crippen LogP contribution in [0.2, 0.25) is 0 Å². The van der Waals surface area contributed by atoms with Crippen molar-refractivity contribution in [3.8, 4) is 0 Å². The number of unbranched alkanes of at least 4 members (excludes halogenated alkanes) is 2. The molecule has 0 saturated heterocycles. The number of carboxylic acids is 2. The van der Waals surface area contributed by atoms with Gasteiger partial charge in [0.1, 0.15) is 0 Å². The van der Waals surface area contributed by atoms with E-state index < -0.39 is 11.9 Å². The van der Waals surface area contributed by atoms with Gasteiger partial charge in [-0.15, -0.1) is 0 Å². The summed E-state index contributed by atoms with van der Waals surface area (Å²) >= 11 is 0. The molecule has 4 heteroatoms. The second kappa shape index (κ2) is 9.92. The molecule has 0 saturated carbocycles. The highest BCUT2D eigenvalue weighted by molar-refractivity contribution is 5.71. The van der Waals surface area contributed by atoms with E-state index in [9.17, 15) is 9.59 Å². The predicted molar refractivity (Wildman–Crippen MR) is 70.5 cm³/mol. The summed E-state index contributed by atoms with van der Waals surface area (Å²) in [7, 11) is 0. The first-order chi connectivity index (χ1) is 8.52. The minimum Gasteiger partial charge on any atom is -0.481 e. The van der Waals surface area contributed by atoms with Gasteiger partial charge in [0.2, 0.25) is 0 Å². The first-order valence-corrected chi connectivity index (χ1v) is 6.98. The van der Waals surface area contributed by atoms with E-state index in [4.69, 9.17) is 10.2 Å². The molecule has 4 nitrogen and oxygen atoms in total. The molecule has 0 spiro atoms. The highest BCUT2D eigenvalue weighted by atomic mass is 16.4. The Kier molecular flexibility index (Phi) is 9.33. The fraction of sp³-hybridized carbons (Fsp3) is 0.857. The summed E-state index contributed by atoms with van der Waals surface area (Å²) in [6.07, 6.45) is 6.02. The van der Waals surface area contributed by atoms with E-state index in [0.29, 0.717) is 25.7 Å². The van der Waals surface area contributed by atoms with Gasteiger partial charge in [-0.05, 0) is 25.7 Å². The van der Waals surface area contributed by atoms with Crippen LogP contribution in [0.4, 0.5) is 0 Å². The Balaban J connectivity index is 4.18. The van der Waals surface area contributed by atoms with E-state index in [1.54, 1.807) is 0 Å². The third-order valence-corrected chi connectivity index (χ3v) is 3.37. The van der Waals surface area contributed by atoms with Crippen LogP contribution in [0, 0.1) is 11.8 Å². The zero-order chi connectivity index (χ0) is 14.0. The average molecular weight is 258 g/mol. The second-order valence-corrected chi connectivity index (χ2v) is 4.93. The molecule has 2 N–H and O–H groups in total. The van der Waals surface area contributed by atoms with Gasteiger partial charge in [-0.1, -0.05) is 39.5 Å². The predicted octanol–water partition coefficient (Wildman–Crippen LogP) is 3.55. The smallest absolute Gasteiger partial charge is 0.306 e. The van der Waals surface area contributed by atoms with Crippen molar-refractivity contribution in [1.82, 2.24) is 0 Å². The second-order valence-electron chi connectivity index (χ2n) is 4.93. The fourth-order valence-electron chi connectivity index (χ4n) is 2.09. The molecule has 0 aromatic carbocycles. The van der Waals surface area contributed by atoms with E-state index in [2.05, 4.69) is 0 Å². The molecule has 0 aliphatic heterocycles. The molecular weight excluding hydrogens is 232 g/mol. The van der Waals surface area contributed by atoms with Gasteiger partial charge in [-0.3, -0.25) is 9.59 Å². The lowest BCUT2D eigenvalue weighted by Crippen LogP contribution is -2.19. The Morgan fingerprint density at radius 1 is 0.778 bits per heavy atom. The Morgan fingerprint density at radius 2 is 1.11 bits per heavy atom. The summed E-state index contributed by atoms with van der Waals surface area (Å²) < 4.78 is 0. The Morgan fingerprint density at radius 3 is 1.33 bits per heavy atom. The molecule has 0 heterocycles. The first kappa shape index (κ1) is 16.9. The zero-order valence-electron chi connectivity index (χ0n) is 11.5. The Hall–Kier alpha value is -1.06. The summed E-state index contributed by atoms with van der Waals surface area (Å²) in [5.74, 6) is -2.34. The molecule has 0 radical (unpaired) electrons. The number of carboxylic acid groups (broad SMARTS) is 2. The van der Waals surface area contributed by atoms with Crippen LogP contribution in [-0.4, -0.2) is 22.2 Å². The molecule has 0 aromatic heterocycles. The van der Waals surface area contributed by atoms with E-state index in [1.165, 1.54) is 0 Å². The summed E-state index contributed by atoms with van der Waals surface area (Å²) in [6.45, 7) is 4.06. The number of hydrogen-bond donors (Lipinski definition) is 2. The maximum Gasteiger partial charge on any atom is 0.306 e. The van der Waals surface area contributed by atoms with Crippen LogP contribution in [0.25, 0.3) is 0 Å². The number of rotatable bonds is 11. The van der Waals surface area contributed by atoms with Crippen molar-refractivity contribution in [2.45, 2.75) is 65.2 Å². The quantitative estimate of drug-likeness (QED) is 0.594. The maximum absolute atomic E-state index is 11.1. The van der Waals surface area contributed by atoms with Gasteiger partial charge < -0.3 is 10.2 Å². The van der Waals surface area contributed by atoms with Crippen molar-refractivity contribution >= 4 is 11.9 Å². The molecule has 18 heavy (non-hydrogen) atoms. The van der Waals surface area contributed by atoms with E-state index in [1.807, 2.05) is 13.8 Å². The topological polar surface area (TPSA) is 74.6 Å². The third-order valence-electron chi connectivity index (χ3n) is 3.37. The Labute approximate surface area is 109 Å². The van der Waals surface area contributed by atoms with Crippen LogP contribution >= 0.6 is 0 Å². The largest absolute Gasteiger partial charge is 0.481 e. The summed E-state index contributed by atoms with van der Waals surface area (Å²) in [4.78, 5) is 22.1. The van der Waals surface area contributed by atoms with Crippen LogP contribution in [-0.2, 0) is 9.59 Å². The van der Waals surface area contributed by atoms with Gasteiger partial charge >= 0.3 is 11.9 Å². The standard InChI is InChI=1S/C14H26O4/c1-3-5-7-11(13(15)16)9-10-12(14(17)18)8-6-4-2/h11-12H,3-10H2,1-2H3,(H,15,16)(H,17,18). The van der Waals surface area contributed by atoms with E-state index >= 15 is 0 Å². The van der Waals surface area contributed by atoms with Gasteiger partial charge in [-0.2, -0.15) is 0 Å². The average Bonchev–Trinajstić information content (AvgIpc) is 2.31. The number of hydrogen-bond acceptors (Lipinski definition) is 2. The lowest BCUT2D eigenvalue weighted by Gasteiger charge is -2.15. The van der Waals surface area contributed by atoms with E-state index in [-0.39, 0.29) is 11.8 Å². The monoisotopic (exact) mass is 258 g/mol. The van der Waals surface area contributed by atoms with Gasteiger partial charge in [-0.25, -0.2) is 0 Å². The van der Waals surface area contributed by atoms with Gasteiger partial charge in [0.25, 0.3) is 0 Å². The zero-order valence-corrected chi connectivity index (χ0v) is 11.5. The fourth-order valence-corrected chi connectivity index (χ4v) is 2.09. The third kappa shape index (κ3) is 7.30. The molecule has 2 unspecified atom stereocenters. The van der Waals surface area contributed by atoms with Crippen LogP contribution < -0.4 is 0 Å². The molecule has 106 valence electrons. The summed E-state index contributed by atoms with van der Waals surface area (Å²) in [6, 6.07) is 0. The van der Waals surface area contributed by atoms with E-state index in [0.717, 1.165) is 25.7 Å². The van der Waals surface area contributed by atoms with Crippen LogP contribution in [0.3, 0.4) is 0 Å². The van der Waals surface area contributed by atoms with Gasteiger partial charge in [0.15, 0.2) is 0 Å². The Bertz CT molecular complexity index is 224. The van der Waals surface area contributed by atoms with Crippen molar-refractivity contribution in [2.24, 2.45) is 11.8 Å². The van der Waals surface area contributed by atoms with Crippen LogP contribution in [0.5, 0.6) is 0 Å². The van der Waals surface area contributed by atoms with Crippen molar-refractivity contribution in [3.05, 3.63) is 0 Å². The summed E-state index contributed by atoms with van der Waals surface area (Å²) in [5.41, 5.74) is 0. The van der Waals surface area contributed by atoms with Crippen molar-refractivity contribution < 1.29 is 19.8 Å². The molecule has 2 atom stereocenters. The highest BCUT2D eigenvalue weighted by Gasteiger charge is 2.22. The normalized spacial score (nSPS) is 14.1. The number of aliphatic carboxylic acids is 2. The van der Waals surface area contributed by atoms with Crippen molar-refractivity contribution in [3.63, 3.8) is 0 Å². The van der Waals surface area contributed by atoms with Crippen LogP contribution in [0.1, 0.15) is 65.2 Å². The van der Waals surface area contributed by atoms with Crippen molar-refractivity contribution in [1.29, 1.82) is 0 Å². The minimum absolute atomic E-state index is 0.381. The van der Waals surface area contributed by atoms with Gasteiger partial charge in [0, 0.05) is 0 Å². The molecule has 0 fully saturated rings. The highest BCUT2D eigenvalue weighted by Crippen LogP contribution is 2.22. The molecule has 0 rings (SSSR count). The molecule has 0 amide bonds. The molecule has 0 aliphatic rings. The number of carbonyl (C=O) groups is 2. The van der Waals surface area contributed by atoms with Gasteiger partial charge in [0.05, 0.1) is 11.8 Å². The summed E-state index contributed by atoms with van der Waals surface area (Å²) in [5, 5.41) is 18.2. The molecule has 0 aromatic rings. The molecular formula is C14H26O4. The van der Waals surface area contributed by atoms with Crippen LogP contribution in [0.15, 0.2) is 0 Å². The maximum atomic E-state index is 11.1. The first-order valence-electron chi connectivity index (χ1n) is 6.98.